The first-order chi connectivity index (χ1) is 9.11. The maximum Gasteiger partial charge on any atom is 0.276 e. The van der Waals surface area contributed by atoms with E-state index in [4.69, 9.17) is 4.52 Å². The van der Waals surface area contributed by atoms with E-state index < -0.39 is 0 Å². The summed E-state index contributed by atoms with van der Waals surface area (Å²) in [6, 6.07) is 1.79. The van der Waals surface area contributed by atoms with Crippen LogP contribution in [0.4, 0.5) is 0 Å². The lowest BCUT2D eigenvalue weighted by Crippen LogP contribution is -2.32. The number of rotatable bonds is 3. The largest absolute Gasteiger partial charge is 0.360 e. The number of hydrogen-bond acceptors (Lipinski definition) is 3. The fraction of sp³-hybridized carbons (Fsp3) is 0.733. The summed E-state index contributed by atoms with van der Waals surface area (Å²) in [6.45, 7) is 7.99. The Bertz CT molecular complexity index is 426. The molecule has 0 saturated carbocycles. The molecule has 1 aromatic heterocycles. The average Bonchev–Trinajstić information content (AvgIpc) is 2.77. The van der Waals surface area contributed by atoms with Gasteiger partial charge in [-0.05, 0) is 25.2 Å². The van der Waals surface area contributed by atoms with Crippen molar-refractivity contribution in [2.75, 3.05) is 13.1 Å². The first-order valence-electron chi connectivity index (χ1n) is 7.37. The Morgan fingerprint density at radius 1 is 1.47 bits per heavy atom. The number of likely N-dealkylation sites (tertiary alicyclic amines) is 1. The summed E-state index contributed by atoms with van der Waals surface area (Å²) in [6.07, 6.45) is 4.65. The highest BCUT2D eigenvalue weighted by atomic mass is 16.5. The van der Waals surface area contributed by atoms with Crippen molar-refractivity contribution in [3.05, 3.63) is 17.5 Å². The van der Waals surface area contributed by atoms with Gasteiger partial charge in [-0.2, -0.15) is 0 Å². The van der Waals surface area contributed by atoms with Gasteiger partial charge in [0.2, 0.25) is 0 Å². The van der Waals surface area contributed by atoms with Crippen molar-refractivity contribution in [2.24, 2.45) is 5.92 Å². The minimum atomic E-state index is 0.0207. The summed E-state index contributed by atoms with van der Waals surface area (Å²) in [5, 5.41) is 3.92. The monoisotopic (exact) mass is 264 g/mol. The third-order valence-corrected chi connectivity index (χ3v) is 4.03. The minimum absolute atomic E-state index is 0.0207. The van der Waals surface area contributed by atoms with Crippen molar-refractivity contribution < 1.29 is 9.32 Å². The molecule has 0 spiro atoms. The van der Waals surface area contributed by atoms with E-state index in [1.165, 1.54) is 12.8 Å². The van der Waals surface area contributed by atoms with Crippen LogP contribution in [0.15, 0.2) is 10.6 Å². The van der Waals surface area contributed by atoms with E-state index in [1.54, 1.807) is 6.07 Å². The van der Waals surface area contributed by atoms with Gasteiger partial charge in [0.25, 0.3) is 5.91 Å². The Balaban J connectivity index is 2.02. The van der Waals surface area contributed by atoms with Crippen LogP contribution in [0.5, 0.6) is 0 Å². The molecule has 1 aromatic rings. The number of amides is 1. The third kappa shape index (κ3) is 3.37. The Hall–Kier alpha value is -1.32. The molecule has 1 aliphatic heterocycles. The maximum atomic E-state index is 12.4. The summed E-state index contributed by atoms with van der Waals surface area (Å²) in [7, 11) is 0. The highest BCUT2D eigenvalue weighted by Crippen LogP contribution is 2.22. The predicted octanol–water partition coefficient (Wildman–Crippen LogP) is 3.45. The van der Waals surface area contributed by atoms with Crippen LogP contribution in [-0.2, 0) is 0 Å². The first-order valence-corrected chi connectivity index (χ1v) is 7.37. The van der Waals surface area contributed by atoms with Gasteiger partial charge in [-0.15, -0.1) is 0 Å². The molecule has 106 valence electrons. The van der Waals surface area contributed by atoms with Crippen molar-refractivity contribution in [3.63, 3.8) is 0 Å². The van der Waals surface area contributed by atoms with Crippen LogP contribution in [0.2, 0.25) is 0 Å². The highest BCUT2D eigenvalue weighted by molar-refractivity contribution is 5.92. The first kappa shape index (κ1) is 14.1. The van der Waals surface area contributed by atoms with Gasteiger partial charge >= 0.3 is 0 Å². The fourth-order valence-corrected chi connectivity index (χ4v) is 2.60. The minimum Gasteiger partial charge on any atom is -0.360 e. The predicted molar refractivity (Wildman–Crippen MR) is 74.1 cm³/mol. The number of nitrogens with zero attached hydrogens (tertiary/aromatic N) is 2. The van der Waals surface area contributed by atoms with Gasteiger partial charge in [-0.3, -0.25) is 4.79 Å². The summed E-state index contributed by atoms with van der Waals surface area (Å²) in [4.78, 5) is 14.3. The molecule has 0 bridgehead atoms. The molecule has 1 amide bonds. The molecule has 0 aromatic carbocycles. The molecule has 4 nitrogen and oxygen atoms in total. The van der Waals surface area contributed by atoms with Crippen molar-refractivity contribution in [3.8, 4) is 0 Å². The van der Waals surface area contributed by atoms with Crippen molar-refractivity contribution >= 4 is 5.91 Å². The van der Waals surface area contributed by atoms with E-state index in [2.05, 4.69) is 12.1 Å². The molecular weight excluding hydrogens is 240 g/mol. The van der Waals surface area contributed by atoms with E-state index in [1.807, 2.05) is 18.7 Å². The van der Waals surface area contributed by atoms with Crippen LogP contribution < -0.4 is 0 Å². The number of carbonyl (C=O) groups excluding carboxylic acids is 1. The molecule has 0 aliphatic carbocycles. The van der Waals surface area contributed by atoms with Crippen LogP contribution in [0, 0.1) is 5.92 Å². The molecule has 2 heterocycles. The molecule has 0 radical (unpaired) electrons. The van der Waals surface area contributed by atoms with Crippen LogP contribution in [0.25, 0.3) is 0 Å². The molecule has 2 rings (SSSR count). The lowest BCUT2D eigenvalue weighted by Gasteiger charge is -2.19. The number of carbonyl (C=O) groups is 1. The van der Waals surface area contributed by atoms with Gasteiger partial charge < -0.3 is 9.42 Å². The number of hydrogen-bond donors (Lipinski definition) is 0. The standard InChI is InChI=1S/C15H24N2O2/c1-4-12-6-5-8-17(9-7-12)15(18)13-10-14(11(2)3)19-16-13/h10-12H,4-9H2,1-3H3/t12-/m0/s1. The zero-order chi connectivity index (χ0) is 13.8. The Kier molecular flexibility index (Phi) is 4.61. The van der Waals surface area contributed by atoms with Gasteiger partial charge in [-0.1, -0.05) is 32.3 Å². The molecule has 1 atom stereocenters. The van der Waals surface area contributed by atoms with E-state index in [0.29, 0.717) is 5.69 Å². The maximum absolute atomic E-state index is 12.4. The van der Waals surface area contributed by atoms with E-state index in [9.17, 15) is 4.79 Å². The summed E-state index contributed by atoms with van der Waals surface area (Å²) in [5.41, 5.74) is 0.457. The second-order valence-electron chi connectivity index (χ2n) is 5.77. The number of aromatic nitrogens is 1. The average molecular weight is 264 g/mol. The normalized spacial score (nSPS) is 20.6. The van der Waals surface area contributed by atoms with E-state index >= 15 is 0 Å². The second kappa shape index (κ2) is 6.22. The second-order valence-corrected chi connectivity index (χ2v) is 5.77. The molecule has 0 unspecified atom stereocenters. The van der Waals surface area contributed by atoms with Gasteiger partial charge in [0.1, 0.15) is 5.76 Å². The van der Waals surface area contributed by atoms with E-state index in [-0.39, 0.29) is 11.8 Å². The van der Waals surface area contributed by atoms with Gasteiger partial charge in [0.15, 0.2) is 5.69 Å². The summed E-state index contributed by atoms with van der Waals surface area (Å²) < 4.78 is 5.21. The Morgan fingerprint density at radius 2 is 2.26 bits per heavy atom. The molecule has 1 aliphatic rings. The van der Waals surface area contributed by atoms with Crippen LogP contribution in [-0.4, -0.2) is 29.1 Å². The van der Waals surface area contributed by atoms with Gasteiger partial charge in [0.05, 0.1) is 0 Å². The molecule has 0 N–H and O–H groups in total. The van der Waals surface area contributed by atoms with Crippen LogP contribution in [0.3, 0.4) is 0 Å². The van der Waals surface area contributed by atoms with Gasteiger partial charge in [-0.25, -0.2) is 0 Å². The van der Waals surface area contributed by atoms with Gasteiger partial charge in [0, 0.05) is 25.1 Å². The summed E-state index contributed by atoms with van der Waals surface area (Å²) in [5.74, 6) is 1.83. The SMILES string of the molecule is CC[C@H]1CCCN(C(=O)c2cc(C(C)C)on2)CC1. The zero-order valence-corrected chi connectivity index (χ0v) is 12.2. The fourth-order valence-electron chi connectivity index (χ4n) is 2.60. The molecule has 19 heavy (non-hydrogen) atoms. The lowest BCUT2D eigenvalue weighted by molar-refractivity contribution is 0.0749. The topological polar surface area (TPSA) is 46.3 Å². The third-order valence-electron chi connectivity index (χ3n) is 4.03. The van der Waals surface area contributed by atoms with Crippen molar-refractivity contribution in [2.45, 2.75) is 52.4 Å². The van der Waals surface area contributed by atoms with Crippen LogP contribution in [0.1, 0.15) is 68.6 Å². The smallest absolute Gasteiger partial charge is 0.276 e. The van der Waals surface area contributed by atoms with Crippen LogP contribution >= 0.6 is 0 Å². The molecular formula is C15H24N2O2. The molecule has 1 saturated heterocycles. The van der Waals surface area contributed by atoms with Crippen molar-refractivity contribution in [1.29, 1.82) is 0 Å². The molecule has 1 fully saturated rings. The quantitative estimate of drug-likeness (QED) is 0.840. The Labute approximate surface area is 115 Å². The zero-order valence-electron chi connectivity index (χ0n) is 12.2. The van der Waals surface area contributed by atoms with Crippen molar-refractivity contribution in [1.82, 2.24) is 10.1 Å². The molecule has 4 heteroatoms. The Morgan fingerprint density at radius 3 is 2.89 bits per heavy atom. The van der Waals surface area contributed by atoms with E-state index in [0.717, 1.165) is 37.6 Å². The lowest BCUT2D eigenvalue weighted by atomic mass is 9.98. The highest BCUT2D eigenvalue weighted by Gasteiger charge is 2.23. The summed E-state index contributed by atoms with van der Waals surface area (Å²) >= 11 is 0.